The van der Waals surface area contributed by atoms with Crippen molar-refractivity contribution < 1.29 is 4.39 Å². The summed E-state index contributed by atoms with van der Waals surface area (Å²) in [6.45, 7) is 6.43. The summed E-state index contributed by atoms with van der Waals surface area (Å²) in [5.41, 5.74) is 1.07. The summed E-state index contributed by atoms with van der Waals surface area (Å²) in [5, 5.41) is 5.00. The lowest BCUT2D eigenvalue weighted by Gasteiger charge is -2.25. The van der Waals surface area contributed by atoms with Gasteiger partial charge < -0.3 is 5.32 Å². The summed E-state index contributed by atoms with van der Waals surface area (Å²) >= 11 is 1.78. The first-order chi connectivity index (χ1) is 8.54. The maximum Gasteiger partial charge on any atom is 0.157 e. The molecule has 0 saturated carbocycles. The van der Waals surface area contributed by atoms with Crippen molar-refractivity contribution in [3.05, 3.63) is 35.6 Å². The highest BCUT2D eigenvalue weighted by atomic mass is 32.2. The highest BCUT2D eigenvalue weighted by Gasteiger charge is 2.19. The van der Waals surface area contributed by atoms with Gasteiger partial charge in [-0.25, -0.2) is 4.39 Å². The van der Waals surface area contributed by atoms with Crippen LogP contribution in [0.25, 0.3) is 0 Å². The Balaban J connectivity index is 2.03. The third kappa shape index (κ3) is 3.48. The Bertz CT molecular complexity index is 430. The number of benzene rings is 1. The largest absolute Gasteiger partial charge is 0.358 e. The third-order valence-electron chi connectivity index (χ3n) is 3.03. The van der Waals surface area contributed by atoms with Crippen molar-refractivity contribution >= 4 is 16.9 Å². The van der Waals surface area contributed by atoms with Gasteiger partial charge in [0, 0.05) is 5.25 Å². The van der Waals surface area contributed by atoms with Gasteiger partial charge in [0.1, 0.15) is 5.82 Å². The zero-order chi connectivity index (χ0) is 13.1. The van der Waals surface area contributed by atoms with Crippen molar-refractivity contribution in [1.82, 2.24) is 5.32 Å². The van der Waals surface area contributed by atoms with Crippen molar-refractivity contribution in [1.29, 1.82) is 0 Å². The van der Waals surface area contributed by atoms with Gasteiger partial charge >= 0.3 is 0 Å². The minimum absolute atomic E-state index is 0.148. The lowest BCUT2D eigenvalue weighted by Crippen LogP contribution is -2.30. The van der Waals surface area contributed by atoms with E-state index in [-0.39, 0.29) is 11.9 Å². The van der Waals surface area contributed by atoms with E-state index in [4.69, 9.17) is 0 Å². The van der Waals surface area contributed by atoms with Crippen LogP contribution in [0.15, 0.2) is 29.3 Å². The van der Waals surface area contributed by atoms with E-state index >= 15 is 0 Å². The quantitative estimate of drug-likeness (QED) is 0.881. The van der Waals surface area contributed by atoms with E-state index in [9.17, 15) is 4.39 Å². The number of halogens is 1. The first-order valence-electron chi connectivity index (χ1n) is 6.31. The molecule has 0 aromatic heterocycles. The number of aliphatic imine (C=N–C) groups is 1. The van der Waals surface area contributed by atoms with Gasteiger partial charge in [-0.2, -0.15) is 0 Å². The number of hydrogen-bond donors (Lipinski definition) is 1. The number of nitrogens with one attached hydrogen (secondary N) is 1. The van der Waals surface area contributed by atoms with Gasteiger partial charge in [-0.3, -0.25) is 4.99 Å². The predicted molar refractivity (Wildman–Crippen MR) is 76.5 cm³/mol. The molecule has 1 aromatic carbocycles. The van der Waals surface area contributed by atoms with Gasteiger partial charge in [0.2, 0.25) is 0 Å². The third-order valence-corrected chi connectivity index (χ3v) is 4.07. The average Bonchev–Trinajstić information content (AvgIpc) is 2.28. The van der Waals surface area contributed by atoms with Crippen LogP contribution in [0.1, 0.15) is 38.8 Å². The second-order valence-electron chi connectivity index (χ2n) is 4.87. The minimum atomic E-state index is -0.197. The van der Waals surface area contributed by atoms with E-state index in [2.05, 4.69) is 31.1 Å². The number of rotatable bonds is 2. The maximum atomic E-state index is 12.9. The highest BCUT2D eigenvalue weighted by molar-refractivity contribution is 8.14. The molecular weight excluding hydrogens is 247 g/mol. The molecule has 0 saturated heterocycles. The molecule has 2 nitrogen and oxygen atoms in total. The zero-order valence-electron chi connectivity index (χ0n) is 11.0. The Morgan fingerprint density at radius 3 is 2.61 bits per heavy atom. The number of hydrogen-bond acceptors (Lipinski definition) is 3. The molecule has 0 fully saturated rings. The van der Waals surface area contributed by atoms with Crippen molar-refractivity contribution in [3.63, 3.8) is 0 Å². The summed E-state index contributed by atoms with van der Waals surface area (Å²) in [5.74, 6) is -0.197. The van der Waals surface area contributed by atoms with E-state index < -0.39 is 0 Å². The lowest BCUT2D eigenvalue weighted by atomic mass is 10.1. The molecule has 0 amide bonds. The molecule has 0 aliphatic carbocycles. The molecule has 0 spiro atoms. The summed E-state index contributed by atoms with van der Waals surface area (Å²) < 4.78 is 12.9. The van der Waals surface area contributed by atoms with Gasteiger partial charge in [0.15, 0.2) is 5.17 Å². The summed E-state index contributed by atoms with van der Waals surface area (Å²) in [4.78, 5) is 4.61. The molecule has 18 heavy (non-hydrogen) atoms. The van der Waals surface area contributed by atoms with Gasteiger partial charge in [0.25, 0.3) is 0 Å². The second-order valence-corrected chi connectivity index (χ2v) is 6.29. The van der Waals surface area contributed by atoms with Crippen molar-refractivity contribution in [3.8, 4) is 0 Å². The first kappa shape index (κ1) is 13.4. The predicted octanol–water partition coefficient (Wildman–Crippen LogP) is 3.75. The molecule has 4 heteroatoms. The van der Waals surface area contributed by atoms with Gasteiger partial charge in [0.05, 0.1) is 12.1 Å². The molecule has 1 aliphatic rings. The minimum Gasteiger partial charge on any atom is -0.358 e. The smallest absolute Gasteiger partial charge is 0.157 e. The molecule has 1 aliphatic heterocycles. The van der Waals surface area contributed by atoms with E-state index in [0.717, 1.165) is 17.2 Å². The molecule has 1 heterocycles. The van der Waals surface area contributed by atoms with E-state index in [1.807, 2.05) is 12.1 Å². The van der Waals surface area contributed by atoms with Crippen LogP contribution >= 0.6 is 11.8 Å². The van der Waals surface area contributed by atoms with E-state index in [1.54, 1.807) is 11.8 Å². The second kappa shape index (κ2) is 5.74. The van der Waals surface area contributed by atoms with Gasteiger partial charge in [-0.15, -0.1) is 0 Å². The first-order valence-corrected chi connectivity index (χ1v) is 7.19. The molecule has 2 rings (SSSR count). The molecule has 1 N–H and O–H groups in total. The van der Waals surface area contributed by atoms with Crippen LogP contribution in [0.3, 0.4) is 0 Å². The summed E-state index contributed by atoms with van der Waals surface area (Å²) in [6.07, 6.45) is 1.13. The number of thioether (sulfide) groups is 1. The fraction of sp³-hybridized carbons (Fsp3) is 0.500. The van der Waals surface area contributed by atoms with Crippen molar-refractivity contribution in [2.24, 2.45) is 4.99 Å². The topological polar surface area (TPSA) is 24.4 Å². The summed E-state index contributed by atoms with van der Waals surface area (Å²) in [6, 6.07) is 7.14. The van der Waals surface area contributed by atoms with E-state index in [1.165, 1.54) is 12.1 Å². The van der Waals surface area contributed by atoms with Crippen LogP contribution in [0.2, 0.25) is 0 Å². The van der Waals surface area contributed by atoms with Gasteiger partial charge in [-0.1, -0.05) is 30.8 Å². The Hall–Kier alpha value is -1.03. The normalized spacial score (nSPS) is 25.4. The number of nitrogens with zero attached hydrogens (tertiary/aromatic N) is 1. The molecule has 3 atom stereocenters. The maximum absolute atomic E-state index is 12.9. The SMILES string of the molecule is CC1CC(C)SC(NC(C)c2ccc(F)cc2)=N1. The molecule has 98 valence electrons. The van der Waals surface area contributed by atoms with Crippen LogP contribution < -0.4 is 5.32 Å². The highest BCUT2D eigenvalue weighted by Crippen LogP contribution is 2.25. The number of amidine groups is 1. The van der Waals surface area contributed by atoms with E-state index in [0.29, 0.717) is 11.3 Å². The van der Waals surface area contributed by atoms with Crippen molar-refractivity contribution in [2.45, 2.75) is 44.5 Å². The van der Waals surface area contributed by atoms with Crippen LogP contribution in [-0.2, 0) is 0 Å². The van der Waals surface area contributed by atoms with Crippen LogP contribution in [0.5, 0.6) is 0 Å². The van der Waals surface area contributed by atoms with Crippen LogP contribution in [-0.4, -0.2) is 16.5 Å². The molecule has 1 aromatic rings. The standard InChI is InChI=1S/C14H19FN2S/c1-9-8-10(2)18-14(16-9)17-11(3)12-4-6-13(15)7-5-12/h4-7,9-11H,8H2,1-3H3,(H,16,17). The summed E-state index contributed by atoms with van der Waals surface area (Å²) in [7, 11) is 0. The molecule has 3 unspecified atom stereocenters. The average molecular weight is 266 g/mol. The Morgan fingerprint density at radius 1 is 1.33 bits per heavy atom. The fourth-order valence-electron chi connectivity index (χ4n) is 2.09. The van der Waals surface area contributed by atoms with Crippen LogP contribution in [0, 0.1) is 5.82 Å². The monoisotopic (exact) mass is 266 g/mol. The van der Waals surface area contributed by atoms with Crippen molar-refractivity contribution in [2.75, 3.05) is 0 Å². The van der Waals surface area contributed by atoms with Crippen LogP contribution in [0.4, 0.5) is 4.39 Å². The molecule has 0 bridgehead atoms. The molecular formula is C14H19FN2S. The Kier molecular flexibility index (Phi) is 4.27. The fourth-order valence-corrected chi connectivity index (χ4v) is 3.34. The Morgan fingerprint density at radius 2 is 2.00 bits per heavy atom. The van der Waals surface area contributed by atoms with Gasteiger partial charge in [-0.05, 0) is 38.0 Å². The lowest BCUT2D eigenvalue weighted by molar-refractivity contribution is 0.623. The molecule has 0 radical (unpaired) electrons. The Labute approximate surface area is 112 Å². The zero-order valence-corrected chi connectivity index (χ0v) is 11.8.